The molecule has 8 heteroatoms. The molecule has 1 atom stereocenters. The number of amides is 1. The molecular formula is C18H20F3N3O2. The fourth-order valence-corrected chi connectivity index (χ4v) is 3.48. The summed E-state index contributed by atoms with van der Waals surface area (Å²) in [5.74, 6) is -0.580. The number of fused-ring (bicyclic) bond motifs is 1. The van der Waals surface area contributed by atoms with Crippen LogP contribution in [0.5, 0.6) is 0 Å². The van der Waals surface area contributed by atoms with E-state index in [2.05, 4.69) is 5.10 Å². The van der Waals surface area contributed by atoms with Crippen LogP contribution in [-0.4, -0.2) is 38.3 Å². The van der Waals surface area contributed by atoms with E-state index in [9.17, 15) is 23.1 Å². The monoisotopic (exact) mass is 367 g/mol. The van der Waals surface area contributed by atoms with Crippen molar-refractivity contribution in [1.82, 2.24) is 14.7 Å². The third-order valence-corrected chi connectivity index (χ3v) is 4.73. The number of aryl methyl sites for hydroxylation is 2. The minimum atomic E-state index is -4.60. The first-order chi connectivity index (χ1) is 12.1. The first-order valence-corrected chi connectivity index (χ1v) is 8.24. The molecule has 1 aliphatic carbocycles. The second-order valence-corrected chi connectivity index (χ2v) is 6.81. The predicted molar refractivity (Wildman–Crippen MR) is 88.1 cm³/mol. The molecule has 1 amide bonds. The molecule has 0 spiro atoms. The molecule has 0 bridgehead atoms. The van der Waals surface area contributed by atoms with Crippen molar-refractivity contribution in [2.24, 2.45) is 7.05 Å². The van der Waals surface area contributed by atoms with Gasteiger partial charge in [0.1, 0.15) is 5.60 Å². The molecule has 1 aromatic carbocycles. The maximum absolute atomic E-state index is 13.1. The average Bonchev–Trinajstić information content (AvgIpc) is 2.94. The van der Waals surface area contributed by atoms with Crippen LogP contribution in [0.2, 0.25) is 0 Å². The molecule has 1 N–H and O–H groups in total. The highest BCUT2D eigenvalue weighted by molar-refractivity contribution is 5.85. The van der Waals surface area contributed by atoms with Crippen LogP contribution in [-0.2, 0) is 37.4 Å². The van der Waals surface area contributed by atoms with E-state index >= 15 is 0 Å². The number of alkyl halides is 3. The van der Waals surface area contributed by atoms with Crippen molar-refractivity contribution in [3.63, 3.8) is 0 Å². The first kappa shape index (κ1) is 18.4. The fourth-order valence-electron chi connectivity index (χ4n) is 3.48. The van der Waals surface area contributed by atoms with Crippen molar-refractivity contribution < 1.29 is 23.1 Å². The number of nitrogens with zero attached hydrogens (tertiary/aromatic N) is 3. The van der Waals surface area contributed by atoms with Crippen LogP contribution in [0.25, 0.3) is 0 Å². The van der Waals surface area contributed by atoms with Gasteiger partial charge < -0.3 is 10.0 Å². The predicted octanol–water partition coefficient (Wildman–Crippen LogP) is 2.32. The summed E-state index contributed by atoms with van der Waals surface area (Å²) in [6.07, 6.45) is -2.40. The third-order valence-electron chi connectivity index (χ3n) is 4.73. The largest absolute Gasteiger partial charge is 0.435 e. The van der Waals surface area contributed by atoms with Crippen LogP contribution >= 0.6 is 0 Å². The molecule has 0 radical (unpaired) electrons. The van der Waals surface area contributed by atoms with Crippen molar-refractivity contribution in [3.05, 3.63) is 52.8 Å². The van der Waals surface area contributed by atoms with E-state index in [0.29, 0.717) is 6.42 Å². The Bertz CT molecular complexity index is 831. The van der Waals surface area contributed by atoms with Crippen molar-refractivity contribution >= 4 is 5.91 Å². The Hall–Kier alpha value is -2.35. The lowest BCUT2D eigenvalue weighted by Crippen LogP contribution is -2.50. The smallest absolute Gasteiger partial charge is 0.380 e. The first-order valence-electron chi connectivity index (χ1n) is 8.24. The van der Waals surface area contributed by atoms with E-state index in [0.717, 1.165) is 20.7 Å². The third kappa shape index (κ3) is 3.46. The molecule has 26 heavy (non-hydrogen) atoms. The van der Waals surface area contributed by atoms with Crippen molar-refractivity contribution in [2.45, 2.75) is 37.6 Å². The standard InChI is InChI=1S/C18H20F3N3O2/c1-23(10-14-11-24(2)22-15(14)18(19,20)21)16(25)17(26)8-7-12-5-3-4-6-13(12)9-17/h3-6,11,26H,7-10H2,1-2H3. The van der Waals surface area contributed by atoms with E-state index < -0.39 is 23.4 Å². The van der Waals surface area contributed by atoms with Gasteiger partial charge in [-0.2, -0.15) is 18.3 Å². The topological polar surface area (TPSA) is 58.4 Å². The normalized spacial score (nSPS) is 19.9. The fraction of sp³-hybridized carbons (Fsp3) is 0.444. The summed E-state index contributed by atoms with van der Waals surface area (Å²) in [5.41, 5.74) is -0.750. The minimum Gasteiger partial charge on any atom is -0.380 e. The maximum atomic E-state index is 13.1. The van der Waals surface area contributed by atoms with Gasteiger partial charge in [0, 0.05) is 38.8 Å². The summed E-state index contributed by atoms with van der Waals surface area (Å²) in [7, 11) is 2.79. The zero-order chi connectivity index (χ0) is 19.1. The molecule has 2 aromatic rings. The van der Waals surface area contributed by atoms with Crippen molar-refractivity contribution in [2.75, 3.05) is 7.05 Å². The number of aromatic nitrogens is 2. The summed E-state index contributed by atoms with van der Waals surface area (Å²) in [5, 5.41) is 14.3. The second kappa shape index (κ2) is 6.42. The van der Waals surface area contributed by atoms with Crippen molar-refractivity contribution in [1.29, 1.82) is 0 Å². The Morgan fingerprint density at radius 2 is 2.00 bits per heavy atom. The summed E-state index contributed by atoms with van der Waals surface area (Å²) < 4.78 is 40.3. The lowest BCUT2D eigenvalue weighted by Gasteiger charge is -2.35. The average molecular weight is 367 g/mol. The van der Waals surface area contributed by atoms with Crippen LogP contribution in [0, 0.1) is 0 Å². The molecule has 1 aromatic heterocycles. The molecule has 5 nitrogen and oxygen atoms in total. The van der Waals surface area contributed by atoms with Crippen LogP contribution in [0.15, 0.2) is 30.5 Å². The number of hydrogen-bond acceptors (Lipinski definition) is 3. The Morgan fingerprint density at radius 1 is 1.35 bits per heavy atom. The number of likely N-dealkylation sites (N-methyl/N-ethyl adjacent to an activating group) is 1. The summed E-state index contributed by atoms with van der Waals surface area (Å²) in [6, 6.07) is 7.55. The van der Waals surface area contributed by atoms with E-state index in [1.165, 1.54) is 20.3 Å². The zero-order valence-electron chi connectivity index (χ0n) is 14.5. The number of aliphatic hydroxyl groups is 1. The van der Waals surface area contributed by atoms with Crippen molar-refractivity contribution in [3.8, 4) is 0 Å². The van der Waals surface area contributed by atoms with Gasteiger partial charge in [-0.15, -0.1) is 0 Å². The number of rotatable bonds is 3. The Morgan fingerprint density at radius 3 is 2.65 bits per heavy atom. The van der Waals surface area contributed by atoms with Gasteiger partial charge in [-0.05, 0) is 24.0 Å². The van der Waals surface area contributed by atoms with Gasteiger partial charge in [0.05, 0.1) is 0 Å². The van der Waals surface area contributed by atoms with Gasteiger partial charge in [-0.25, -0.2) is 0 Å². The Kier molecular flexibility index (Phi) is 4.56. The summed E-state index contributed by atoms with van der Waals surface area (Å²) in [4.78, 5) is 13.9. The molecule has 1 aliphatic rings. The van der Waals surface area contributed by atoms with Crippen LogP contribution < -0.4 is 0 Å². The quantitative estimate of drug-likeness (QED) is 0.906. The van der Waals surface area contributed by atoms with E-state index in [1.807, 2.05) is 24.3 Å². The van der Waals surface area contributed by atoms with Crippen LogP contribution in [0.3, 0.4) is 0 Å². The number of benzene rings is 1. The molecule has 1 unspecified atom stereocenters. The molecule has 140 valence electrons. The summed E-state index contributed by atoms with van der Waals surface area (Å²) in [6.45, 7) is -0.272. The molecule has 3 rings (SSSR count). The molecule has 0 aliphatic heterocycles. The Balaban J connectivity index is 1.79. The molecule has 1 heterocycles. The van der Waals surface area contributed by atoms with Crippen LogP contribution in [0.1, 0.15) is 28.8 Å². The SMILES string of the molecule is CN(Cc1cn(C)nc1C(F)(F)F)C(=O)C1(O)CCc2ccccc2C1. The van der Waals surface area contributed by atoms with Gasteiger partial charge in [-0.3, -0.25) is 9.48 Å². The second-order valence-electron chi connectivity index (χ2n) is 6.81. The van der Waals surface area contributed by atoms with Gasteiger partial charge in [0.2, 0.25) is 0 Å². The lowest BCUT2D eigenvalue weighted by atomic mass is 9.79. The van der Waals surface area contributed by atoms with Gasteiger partial charge in [0.15, 0.2) is 5.69 Å². The van der Waals surface area contributed by atoms with Gasteiger partial charge >= 0.3 is 6.18 Å². The van der Waals surface area contributed by atoms with E-state index in [1.54, 1.807) is 0 Å². The van der Waals surface area contributed by atoms with Gasteiger partial charge in [-0.1, -0.05) is 24.3 Å². The highest BCUT2D eigenvalue weighted by Gasteiger charge is 2.42. The molecule has 0 saturated carbocycles. The molecule has 0 fully saturated rings. The zero-order valence-corrected chi connectivity index (χ0v) is 14.5. The van der Waals surface area contributed by atoms with Crippen LogP contribution in [0.4, 0.5) is 13.2 Å². The van der Waals surface area contributed by atoms with E-state index in [4.69, 9.17) is 0 Å². The number of carbonyl (C=O) groups is 1. The number of halogens is 3. The molecule has 0 saturated heterocycles. The Labute approximate surface area is 149 Å². The highest BCUT2D eigenvalue weighted by atomic mass is 19.4. The highest BCUT2D eigenvalue weighted by Crippen LogP contribution is 2.33. The van der Waals surface area contributed by atoms with Gasteiger partial charge in [0.25, 0.3) is 5.91 Å². The minimum absolute atomic E-state index is 0.101. The number of carbonyl (C=O) groups excluding carboxylic acids is 1. The number of hydrogen-bond donors (Lipinski definition) is 1. The molecular weight excluding hydrogens is 347 g/mol. The maximum Gasteiger partial charge on any atom is 0.435 e. The lowest BCUT2D eigenvalue weighted by molar-refractivity contribution is -0.152. The van der Waals surface area contributed by atoms with E-state index in [-0.39, 0.29) is 24.9 Å². The summed E-state index contributed by atoms with van der Waals surface area (Å²) >= 11 is 0.